The number of likely N-dealkylation sites (tertiary alicyclic amines) is 1. The van der Waals surface area contributed by atoms with Gasteiger partial charge in [-0.15, -0.1) is 0 Å². The van der Waals surface area contributed by atoms with E-state index in [1.807, 2.05) is 24.3 Å². The van der Waals surface area contributed by atoms with E-state index in [4.69, 9.17) is 9.15 Å². The van der Waals surface area contributed by atoms with E-state index >= 15 is 0 Å². The Morgan fingerprint density at radius 1 is 1.29 bits per heavy atom. The zero-order valence-corrected chi connectivity index (χ0v) is 15.9. The Bertz CT molecular complexity index is 913. The smallest absolute Gasteiger partial charge is 0.271 e. The van der Waals surface area contributed by atoms with Gasteiger partial charge in [-0.2, -0.15) is 5.10 Å². The lowest BCUT2D eigenvalue weighted by atomic mass is 10.0. The monoisotopic (exact) mass is 380 g/mol. The van der Waals surface area contributed by atoms with Crippen LogP contribution in [0.3, 0.4) is 0 Å². The van der Waals surface area contributed by atoms with Crippen molar-refractivity contribution in [3.63, 3.8) is 0 Å². The molecule has 0 spiro atoms. The molecule has 1 aromatic carbocycles. The number of ether oxygens (including phenoxy) is 1. The molecule has 1 aliphatic rings. The van der Waals surface area contributed by atoms with Gasteiger partial charge in [0.15, 0.2) is 11.5 Å². The van der Waals surface area contributed by atoms with E-state index in [2.05, 4.69) is 26.5 Å². The van der Waals surface area contributed by atoms with Crippen LogP contribution in [0.4, 0.5) is 0 Å². The van der Waals surface area contributed by atoms with Gasteiger partial charge in [0.1, 0.15) is 11.4 Å². The summed E-state index contributed by atoms with van der Waals surface area (Å²) in [5, 5.41) is 10.0. The van der Waals surface area contributed by atoms with Gasteiger partial charge in [-0.1, -0.05) is 18.2 Å². The summed E-state index contributed by atoms with van der Waals surface area (Å²) < 4.78 is 10.9. The number of hydrogen-bond acceptors (Lipinski definition) is 5. The Morgan fingerprint density at radius 3 is 2.86 bits per heavy atom. The molecule has 0 radical (unpaired) electrons. The van der Waals surface area contributed by atoms with Crippen molar-refractivity contribution in [1.29, 1.82) is 0 Å². The molecule has 3 aromatic rings. The number of aromatic nitrogens is 2. The van der Waals surface area contributed by atoms with E-state index in [1.165, 1.54) is 12.8 Å². The van der Waals surface area contributed by atoms with Gasteiger partial charge in [0, 0.05) is 18.2 Å². The molecule has 4 rings (SSSR count). The van der Waals surface area contributed by atoms with Gasteiger partial charge in [0.2, 0.25) is 0 Å². The van der Waals surface area contributed by atoms with Gasteiger partial charge in [-0.3, -0.25) is 14.8 Å². The molecule has 1 fully saturated rings. The Morgan fingerprint density at radius 2 is 2.11 bits per heavy atom. The lowest BCUT2D eigenvalue weighted by Gasteiger charge is -2.29. The molecule has 1 saturated heterocycles. The molecular weight excluding hydrogens is 356 g/mol. The van der Waals surface area contributed by atoms with Crippen molar-refractivity contribution < 1.29 is 13.9 Å². The predicted molar refractivity (Wildman–Crippen MR) is 105 cm³/mol. The molecule has 2 aromatic heterocycles. The summed E-state index contributed by atoms with van der Waals surface area (Å²) in [5.74, 6) is 1.28. The summed E-state index contributed by atoms with van der Waals surface area (Å²) in [6, 6.07) is 13.4. The molecule has 1 aliphatic heterocycles. The molecule has 1 unspecified atom stereocenters. The Labute approximate surface area is 163 Å². The van der Waals surface area contributed by atoms with E-state index in [9.17, 15) is 4.79 Å². The number of nitrogens with zero attached hydrogens (tertiary/aromatic N) is 2. The number of nitrogens with one attached hydrogen (secondary N) is 2. The van der Waals surface area contributed by atoms with Crippen molar-refractivity contribution >= 4 is 5.91 Å². The zero-order chi connectivity index (χ0) is 19.3. The highest BCUT2D eigenvalue weighted by Gasteiger charge is 2.26. The highest BCUT2D eigenvalue weighted by molar-refractivity contribution is 5.93. The number of rotatable bonds is 7. The van der Waals surface area contributed by atoms with Crippen LogP contribution >= 0.6 is 0 Å². The third-order valence-corrected chi connectivity index (χ3v) is 5.13. The predicted octanol–water partition coefficient (Wildman–Crippen LogP) is 3.25. The molecule has 1 amide bonds. The molecule has 0 bridgehead atoms. The molecule has 1 atom stereocenters. The van der Waals surface area contributed by atoms with Crippen molar-refractivity contribution in [2.45, 2.75) is 18.9 Å². The lowest BCUT2D eigenvalue weighted by molar-refractivity contribution is 0.0932. The highest BCUT2D eigenvalue weighted by Crippen LogP contribution is 2.31. The van der Waals surface area contributed by atoms with Gasteiger partial charge in [0.25, 0.3) is 5.91 Å². The fraction of sp³-hybridized carbons (Fsp3) is 0.333. The topological polar surface area (TPSA) is 83.4 Å². The average molecular weight is 380 g/mol. The number of hydrogen-bond donors (Lipinski definition) is 2. The normalized spacial score (nSPS) is 15.5. The summed E-state index contributed by atoms with van der Waals surface area (Å²) in [5.41, 5.74) is 2.10. The second-order valence-corrected chi connectivity index (χ2v) is 6.86. The number of para-hydroxylation sites is 1. The summed E-state index contributed by atoms with van der Waals surface area (Å²) in [7, 11) is 1.68. The number of benzene rings is 1. The number of methoxy groups -OCH3 is 1. The van der Waals surface area contributed by atoms with Crippen LogP contribution in [0.1, 0.15) is 34.9 Å². The van der Waals surface area contributed by atoms with E-state index in [-0.39, 0.29) is 11.9 Å². The van der Waals surface area contributed by atoms with Crippen molar-refractivity contribution in [1.82, 2.24) is 20.4 Å². The molecule has 146 valence electrons. The Hall–Kier alpha value is -3.06. The van der Waals surface area contributed by atoms with E-state index in [1.54, 1.807) is 25.5 Å². The third-order valence-electron chi connectivity index (χ3n) is 5.13. The molecule has 28 heavy (non-hydrogen) atoms. The first-order valence-corrected chi connectivity index (χ1v) is 9.50. The van der Waals surface area contributed by atoms with Crippen LogP contribution in [0.15, 0.2) is 53.1 Å². The van der Waals surface area contributed by atoms with Gasteiger partial charge >= 0.3 is 0 Å². The van der Waals surface area contributed by atoms with Crippen molar-refractivity contribution in [2.24, 2.45) is 0 Å². The summed E-state index contributed by atoms with van der Waals surface area (Å²) >= 11 is 0. The van der Waals surface area contributed by atoms with Gasteiger partial charge in [-0.25, -0.2) is 0 Å². The van der Waals surface area contributed by atoms with Crippen LogP contribution in [0.5, 0.6) is 5.75 Å². The van der Waals surface area contributed by atoms with E-state index in [0.717, 1.165) is 24.4 Å². The average Bonchev–Trinajstić information content (AvgIpc) is 3.50. The largest absolute Gasteiger partial charge is 0.496 e. The number of amides is 1. The minimum atomic E-state index is -0.215. The summed E-state index contributed by atoms with van der Waals surface area (Å²) in [6.45, 7) is 2.52. The maximum Gasteiger partial charge on any atom is 0.271 e. The van der Waals surface area contributed by atoms with E-state index < -0.39 is 0 Å². The van der Waals surface area contributed by atoms with Crippen LogP contribution in [-0.4, -0.2) is 47.7 Å². The molecule has 0 aliphatic carbocycles. The highest BCUT2D eigenvalue weighted by atomic mass is 16.5. The van der Waals surface area contributed by atoms with Crippen molar-refractivity contribution in [3.8, 4) is 17.2 Å². The van der Waals surface area contributed by atoms with Crippen molar-refractivity contribution in [2.75, 3.05) is 26.7 Å². The second-order valence-electron chi connectivity index (χ2n) is 6.86. The maximum atomic E-state index is 12.7. The fourth-order valence-electron chi connectivity index (χ4n) is 3.71. The van der Waals surface area contributed by atoms with Gasteiger partial charge < -0.3 is 14.5 Å². The molecule has 7 nitrogen and oxygen atoms in total. The standard InChI is InChI=1S/C21H24N4O3/c1-27-19-8-3-2-7-15(19)18(25-10-4-5-11-25)14-22-21(26)17-13-16(23-24-17)20-9-6-12-28-20/h2-3,6-9,12-13,18H,4-5,10-11,14H2,1H3,(H,22,26)(H,23,24). The Kier molecular flexibility index (Phi) is 5.43. The minimum absolute atomic E-state index is 0.0612. The quantitative estimate of drug-likeness (QED) is 0.657. The lowest BCUT2D eigenvalue weighted by Crippen LogP contribution is -2.37. The minimum Gasteiger partial charge on any atom is -0.496 e. The number of carbonyl (C=O) groups is 1. The first-order chi connectivity index (χ1) is 13.8. The fourth-order valence-corrected chi connectivity index (χ4v) is 3.71. The first kappa shape index (κ1) is 18.3. The Balaban J connectivity index is 1.49. The van der Waals surface area contributed by atoms with Crippen LogP contribution < -0.4 is 10.1 Å². The SMILES string of the molecule is COc1ccccc1C(CNC(=O)c1cc(-c2ccco2)[nH]n1)N1CCCC1. The van der Waals surface area contributed by atoms with Crippen molar-refractivity contribution in [3.05, 3.63) is 60.0 Å². The molecular formula is C21H24N4O3. The first-order valence-electron chi connectivity index (χ1n) is 9.50. The zero-order valence-electron chi connectivity index (χ0n) is 15.9. The van der Waals surface area contributed by atoms with Crippen LogP contribution in [-0.2, 0) is 0 Å². The van der Waals surface area contributed by atoms with Crippen LogP contribution in [0, 0.1) is 0 Å². The molecule has 0 saturated carbocycles. The molecule has 2 N–H and O–H groups in total. The number of aromatic amines is 1. The van der Waals surface area contributed by atoms with Crippen LogP contribution in [0.2, 0.25) is 0 Å². The molecule has 7 heteroatoms. The van der Waals surface area contributed by atoms with Crippen LogP contribution in [0.25, 0.3) is 11.5 Å². The third kappa shape index (κ3) is 3.80. The van der Waals surface area contributed by atoms with E-state index in [0.29, 0.717) is 23.7 Å². The van der Waals surface area contributed by atoms with Gasteiger partial charge in [-0.05, 0) is 44.1 Å². The molecule has 3 heterocycles. The van der Waals surface area contributed by atoms with Gasteiger partial charge in [0.05, 0.1) is 19.4 Å². The number of furan rings is 1. The second kappa shape index (κ2) is 8.31. The summed E-state index contributed by atoms with van der Waals surface area (Å²) in [4.78, 5) is 15.1. The number of carbonyl (C=O) groups excluding carboxylic acids is 1. The summed E-state index contributed by atoms with van der Waals surface area (Å²) in [6.07, 6.45) is 3.93. The number of H-pyrrole nitrogens is 1. The maximum absolute atomic E-state index is 12.7.